The minimum absolute atomic E-state index is 1.02. The van der Waals surface area contributed by atoms with E-state index in [4.69, 9.17) is 0 Å². The van der Waals surface area contributed by atoms with Crippen LogP contribution in [-0.2, 0) is 0 Å². The Kier molecular flexibility index (Phi) is 3.26. The second-order valence-electron chi connectivity index (χ2n) is 7.60. The van der Waals surface area contributed by atoms with Gasteiger partial charge >= 0.3 is 0 Å². The van der Waals surface area contributed by atoms with Gasteiger partial charge in [0.05, 0.1) is 0 Å². The molecule has 0 aromatic rings. The Hall–Kier alpha value is 0. The Labute approximate surface area is 108 Å². The molecule has 0 radical (unpaired) electrons. The van der Waals surface area contributed by atoms with Crippen LogP contribution in [0.2, 0.25) is 0 Å². The molecule has 0 bridgehead atoms. The average Bonchev–Trinajstić information content (AvgIpc) is 2.33. The SMILES string of the molecule is CC1CCC(C)C2C1CCC1CCCC(C)C12. The second kappa shape index (κ2) is 4.59. The fourth-order valence-electron chi connectivity index (χ4n) is 5.86. The van der Waals surface area contributed by atoms with Crippen molar-refractivity contribution in [3.05, 3.63) is 0 Å². The maximum atomic E-state index is 2.56. The van der Waals surface area contributed by atoms with Crippen molar-refractivity contribution < 1.29 is 0 Å². The van der Waals surface area contributed by atoms with Crippen molar-refractivity contribution in [1.29, 1.82) is 0 Å². The van der Waals surface area contributed by atoms with Crippen LogP contribution in [0.5, 0.6) is 0 Å². The molecule has 3 fully saturated rings. The molecule has 3 saturated carbocycles. The zero-order valence-corrected chi connectivity index (χ0v) is 12.0. The largest absolute Gasteiger partial charge is 0.0622 e. The van der Waals surface area contributed by atoms with E-state index in [1.54, 1.807) is 19.3 Å². The molecule has 0 amide bonds. The lowest BCUT2D eigenvalue weighted by Gasteiger charge is -2.55. The summed E-state index contributed by atoms with van der Waals surface area (Å²) in [6, 6.07) is 0. The van der Waals surface area contributed by atoms with Gasteiger partial charge in [-0.05, 0) is 54.3 Å². The predicted molar refractivity (Wildman–Crippen MR) is 73.8 cm³/mol. The summed E-state index contributed by atoms with van der Waals surface area (Å²) in [7, 11) is 0. The average molecular weight is 234 g/mol. The van der Waals surface area contributed by atoms with Gasteiger partial charge < -0.3 is 0 Å². The van der Waals surface area contributed by atoms with E-state index in [9.17, 15) is 0 Å². The van der Waals surface area contributed by atoms with Crippen molar-refractivity contribution in [2.75, 3.05) is 0 Å². The van der Waals surface area contributed by atoms with Crippen LogP contribution in [0.4, 0.5) is 0 Å². The molecule has 0 aromatic carbocycles. The van der Waals surface area contributed by atoms with E-state index in [0.717, 1.165) is 41.4 Å². The molecule has 7 atom stereocenters. The smallest absolute Gasteiger partial charge is 0.0324 e. The van der Waals surface area contributed by atoms with Gasteiger partial charge in [0, 0.05) is 0 Å². The zero-order valence-electron chi connectivity index (χ0n) is 12.0. The van der Waals surface area contributed by atoms with E-state index in [-0.39, 0.29) is 0 Å². The Bertz CT molecular complexity index is 269. The lowest BCUT2D eigenvalue weighted by atomic mass is 9.51. The van der Waals surface area contributed by atoms with Crippen LogP contribution in [0, 0.1) is 41.4 Å². The van der Waals surface area contributed by atoms with Gasteiger partial charge in [0.1, 0.15) is 0 Å². The van der Waals surface area contributed by atoms with Crippen molar-refractivity contribution in [1.82, 2.24) is 0 Å². The van der Waals surface area contributed by atoms with Crippen LogP contribution in [0.25, 0.3) is 0 Å². The summed E-state index contributed by atoms with van der Waals surface area (Å²) in [4.78, 5) is 0. The van der Waals surface area contributed by atoms with E-state index >= 15 is 0 Å². The number of fused-ring (bicyclic) bond motifs is 3. The number of hydrogen-bond acceptors (Lipinski definition) is 0. The minimum atomic E-state index is 1.02. The van der Waals surface area contributed by atoms with Crippen molar-refractivity contribution in [2.24, 2.45) is 41.4 Å². The quantitative estimate of drug-likeness (QED) is 0.545. The number of rotatable bonds is 0. The van der Waals surface area contributed by atoms with Gasteiger partial charge in [-0.2, -0.15) is 0 Å². The highest BCUT2D eigenvalue weighted by molar-refractivity contribution is 4.97. The Balaban J connectivity index is 1.86. The third-order valence-electron chi connectivity index (χ3n) is 6.71. The predicted octanol–water partition coefficient (Wildman–Crippen LogP) is 5.13. The van der Waals surface area contributed by atoms with Crippen molar-refractivity contribution in [3.63, 3.8) is 0 Å². The fourth-order valence-corrected chi connectivity index (χ4v) is 5.86. The molecule has 0 spiro atoms. The summed E-state index contributed by atoms with van der Waals surface area (Å²) in [5, 5.41) is 0. The molecule has 0 aliphatic heterocycles. The maximum Gasteiger partial charge on any atom is -0.0324 e. The standard InChI is InChI=1S/C17H30/c1-11-7-8-13(3)17-15(11)10-9-14-6-4-5-12(2)16(14)17/h11-17H,4-10H2,1-3H3. The van der Waals surface area contributed by atoms with E-state index in [0.29, 0.717) is 0 Å². The Morgan fingerprint density at radius 1 is 0.588 bits per heavy atom. The minimum Gasteiger partial charge on any atom is -0.0622 e. The van der Waals surface area contributed by atoms with Crippen LogP contribution in [-0.4, -0.2) is 0 Å². The van der Waals surface area contributed by atoms with Gasteiger partial charge in [-0.25, -0.2) is 0 Å². The molecule has 0 saturated heterocycles. The summed E-state index contributed by atoms with van der Waals surface area (Å²) in [6.07, 6.45) is 10.7. The molecule has 0 nitrogen and oxygen atoms in total. The molecule has 0 aromatic heterocycles. The van der Waals surface area contributed by atoms with E-state index < -0.39 is 0 Å². The molecular weight excluding hydrogens is 204 g/mol. The first-order valence-corrected chi connectivity index (χ1v) is 8.18. The molecule has 3 rings (SSSR count). The first-order valence-electron chi connectivity index (χ1n) is 8.18. The van der Waals surface area contributed by atoms with Gasteiger partial charge in [0.15, 0.2) is 0 Å². The monoisotopic (exact) mass is 234 g/mol. The first-order chi connectivity index (χ1) is 8.18. The van der Waals surface area contributed by atoms with Crippen LogP contribution in [0.1, 0.15) is 65.7 Å². The molecule has 17 heavy (non-hydrogen) atoms. The molecular formula is C17H30. The lowest BCUT2D eigenvalue weighted by molar-refractivity contribution is -0.0541. The fraction of sp³-hybridized carbons (Fsp3) is 1.00. The summed E-state index contributed by atoms with van der Waals surface area (Å²) >= 11 is 0. The summed E-state index contributed by atoms with van der Waals surface area (Å²) < 4.78 is 0. The Morgan fingerprint density at radius 2 is 1.29 bits per heavy atom. The van der Waals surface area contributed by atoms with Crippen LogP contribution in [0.3, 0.4) is 0 Å². The van der Waals surface area contributed by atoms with Crippen molar-refractivity contribution in [3.8, 4) is 0 Å². The van der Waals surface area contributed by atoms with Crippen molar-refractivity contribution >= 4 is 0 Å². The number of hydrogen-bond donors (Lipinski definition) is 0. The van der Waals surface area contributed by atoms with Gasteiger partial charge in [0.25, 0.3) is 0 Å². The molecule has 0 heteroatoms. The van der Waals surface area contributed by atoms with Gasteiger partial charge in [0.2, 0.25) is 0 Å². The van der Waals surface area contributed by atoms with Gasteiger partial charge in [-0.1, -0.05) is 52.9 Å². The third kappa shape index (κ3) is 1.96. The highest BCUT2D eigenvalue weighted by Gasteiger charge is 2.48. The van der Waals surface area contributed by atoms with Crippen LogP contribution >= 0.6 is 0 Å². The molecule has 7 unspecified atom stereocenters. The van der Waals surface area contributed by atoms with E-state index in [2.05, 4.69) is 20.8 Å². The highest BCUT2D eigenvalue weighted by Crippen LogP contribution is 2.56. The second-order valence-corrected chi connectivity index (χ2v) is 7.60. The van der Waals surface area contributed by atoms with Crippen LogP contribution in [0.15, 0.2) is 0 Å². The molecule has 0 N–H and O–H groups in total. The van der Waals surface area contributed by atoms with Crippen LogP contribution < -0.4 is 0 Å². The zero-order chi connectivity index (χ0) is 12.0. The first kappa shape index (κ1) is 12.1. The normalized spacial score (nSPS) is 54.9. The topological polar surface area (TPSA) is 0 Å². The molecule has 3 aliphatic rings. The molecule has 98 valence electrons. The van der Waals surface area contributed by atoms with Crippen molar-refractivity contribution in [2.45, 2.75) is 65.7 Å². The van der Waals surface area contributed by atoms with Gasteiger partial charge in [-0.15, -0.1) is 0 Å². The maximum absolute atomic E-state index is 2.56. The van der Waals surface area contributed by atoms with E-state index in [1.807, 2.05) is 0 Å². The lowest BCUT2D eigenvalue weighted by Crippen LogP contribution is -2.47. The molecule has 3 aliphatic carbocycles. The Morgan fingerprint density at radius 3 is 2.12 bits per heavy atom. The highest BCUT2D eigenvalue weighted by atomic mass is 14.5. The third-order valence-corrected chi connectivity index (χ3v) is 6.71. The van der Waals surface area contributed by atoms with E-state index in [1.165, 1.54) is 25.7 Å². The van der Waals surface area contributed by atoms with Gasteiger partial charge in [-0.3, -0.25) is 0 Å². The summed E-state index contributed by atoms with van der Waals surface area (Å²) in [5.74, 6) is 7.44. The summed E-state index contributed by atoms with van der Waals surface area (Å²) in [6.45, 7) is 7.66. The molecule has 0 heterocycles. The summed E-state index contributed by atoms with van der Waals surface area (Å²) in [5.41, 5.74) is 0.